The highest BCUT2D eigenvalue weighted by atomic mass is 32.2. The molecule has 0 radical (unpaired) electrons. The lowest BCUT2D eigenvalue weighted by molar-refractivity contribution is 0.198. The van der Waals surface area contributed by atoms with Gasteiger partial charge in [-0.2, -0.15) is 17.8 Å². The third kappa shape index (κ3) is 6.09. The number of benzene rings is 3. The summed E-state index contributed by atoms with van der Waals surface area (Å²) in [4.78, 5) is 27.4. The van der Waals surface area contributed by atoms with Crippen molar-refractivity contribution in [3.63, 3.8) is 0 Å². The highest BCUT2D eigenvalue weighted by Gasteiger charge is 2.27. The highest BCUT2D eigenvalue weighted by molar-refractivity contribution is 7.87. The number of nitrogens with one attached hydrogen (secondary N) is 3. The molecule has 0 atom stereocenters. The Kier molecular flexibility index (Phi) is 7.69. The molecule has 4 amide bonds. The predicted octanol–water partition coefficient (Wildman–Crippen LogP) is 4.84. The Morgan fingerprint density at radius 2 is 1.67 bits per heavy atom. The van der Waals surface area contributed by atoms with Gasteiger partial charge in [0, 0.05) is 44.1 Å². The fourth-order valence-corrected chi connectivity index (χ4v) is 5.28. The number of carbonyl (C=O) groups is 2. The van der Waals surface area contributed by atoms with Crippen molar-refractivity contribution in [2.45, 2.75) is 39.2 Å². The van der Waals surface area contributed by atoms with Crippen molar-refractivity contribution in [1.29, 1.82) is 0 Å². The van der Waals surface area contributed by atoms with E-state index in [2.05, 4.69) is 15.4 Å². The van der Waals surface area contributed by atoms with Gasteiger partial charge in [-0.05, 0) is 41.1 Å². The van der Waals surface area contributed by atoms with Crippen LogP contribution in [0.2, 0.25) is 0 Å². The van der Waals surface area contributed by atoms with Gasteiger partial charge >= 0.3 is 22.3 Å². The van der Waals surface area contributed by atoms with Gasteiger partial charge in [0.05, 0.1) is 17.1 Å². The molecule has 42 heavy (non-hydrogen) atoms. The first kappa shape index (κ1) is 29.1. The van der Waals surface area contributed by atoms with Crippen LogP contribution in [0.1, 0.15) is 37.6 Å². The van der Waals surface area contributed by atoms with E-state index < -0.39 is 22.3 Å². The molecule has 0 unspecified atom stereocenters. The number of aromatic nitrogens is 2. The first-order chi connectivity index (χ1) is 19.8. The molecule has 12 heteroatoms. The summed E-state index contributed by atoms with van der Waals surface area (Å²) in [6, 6.07) is 20.2. The monoisotopic (exact) mass is 589 g/mol. The van der Waals surface area contributed by atoms with Crippen LogP contribution in [0.5, 0.6) is 0 Å². The minimum Gasteiger partial charge on any atom is -0.319 e. The molecule has 3 N–H and O–H groups in total. The van der Waals surface area contributed by atoms with E-state index in [-0.39, 0.29) is 12.0 Å². The maximum absolute atomic E-state index is 13.2. The van der Waals surface area contributed by atoms with Crippen LogP contribution < -0.4 is 15.4 Å². The second-order valence-corrected chi connectivity index (χ2v) is 13.4. The molecule has 3 aromatic carbocycles. The lowest BCUT2D eigenvalue weighted by Gasteiger charge is -2.29. The molecule has 1 aliphatic rings. The van der Waals surface area contributed by atoms with Crippen LogP contribution in [0, 0.1) is 0 Å². The summed E-state index contributed by atoms with van der Waals surface area (Å²) in [6.45, 7) is 6.76. The molecule has 2 heterocycles. The average Bonchev–Trinajstić information content (AvgIpc) is 3.36. The van der Waals surface area contributed by atoms with Gasteiger partial charge in [0.15, 0.2) is 0 Å². The van der Waals surface area contributed by atoms with Crippen LogP contribution in [-0.2, 0) is 28.6 Å². The van der Waals surface area contributed by atoms with Crippen LogP contribution >= 0.6 is 0 Å². The third-order valence-corrected chi connectivity index (χ3v) is 8.58. The van der Waals surface area contributed by atoms with Crippen LogP contribution in [0.3, 0.4) is 0 Å². The van der Waals surface area contributed by atoms with Gasteiger partial charge in [-0.3, -0.25) is 5.32 Å². The molecule has 5 rings (SSSR count). The van der Waals surface area contributed by atoms with E-state index in [1.54, 1.807) is 4.68 Å². The summed E-state index contributed by atoms with van der Waals surface area (Å²) in [5.41, 5.74) is 3.83. The molecule has 220 valence electrons. The predicted molar refractivity (Wildman–Crippen MR) is 164 cm³/mol. The fourth-order valence-electron chi connectivity index (χ4n) is 4.75. The van der Waals surface area contributed by atoms with Gasteiger partial charge < -0.3 is 10.2 Å². The topological polar surface area (TPSA) is 129 Å². The molecule has 0 spiro atoms. The number of urea groups is 2. The molecule has 0 bridgehead atoms. The minimum absolute atomic E-state index is 0.232. The first-order valence-corrected chi connectivity index (χ1v) is 15.0. The maximum Gasteiger partial charge on any atom is 0.332 e. The Hall–Kier alpha value is -4.42. The molecular weight excluding hydrogens is 554 g/mol. The molecule has 0 saturated carbocycles. The molecule has 4 aromatic rings. The lowest BCUT2D eigenvalue weighted by atomic mass is 9.92. The number of nitrogens with zero attached hydrogens (tertiary/aromatic N) is 4. The van der Waals surface area contributed by atoms with Crippen molar-refractivity contribution in [3.05, 3.63) is 83.6 Å². The maximum atomic E-state index is 13.2. The van der Waals surface area contributed by atoms with Gasteiger partial charge in [-0.1, -0.05) is 63.2 Å². The van der Waals surface area contributed by atoms with Crippen molar-refractivity contribution in [2.75, 3.05) is 31.3 Å². The van der Waals surface area contributed by atoms with Gasteiger partial charge in [-0.15, -0.1) is 0 Å². The number of hydrogen-bond donors (Lipinski definition) is 3. The normalized spacial score (nSPS) is 13.6. The number of carbonyl (C=O) groups excluding carboxylic acids is 2. The highest BCUT2D eigenvalue weighted by Crippen LogP contribution is 2.29. The summed E-state index contributed by atoms with van der Waals surface area (Å²) < 4.78 is 29.1. The zero-order chi connectivity index (χ0) is 30.2. The first-order valence-electron chi connectivity index (χ1n) is 13.6. The second kappa shape index (κ2) is 11.1. The van der Waals surface area contributed by atoms with E-state index in [1.165, 1.54) is 19.0 Å². The Morgan fingerprint density at radius 3 is 2.40 bits per heavy atom. The number of rotatable bonds is 5. The quantitative estimate of drug-likeness (QED) is 0.307. The molecule has 1 aliphatic heterocycles. The van der Waals surface area contributed by atoms with E-state index in [4.69, 9.17) is 5.10 Å². The largest absolute Gasteiger partial charge is 0.332 e. The van der Waals surface area contributed by atoms with E-state index in [1.807, 2.05) is 87.5 Å². The van der Waals surface area contributed by atoms with Crippen molar-refractivity contribution >= 4 is 44.5 Å². The van der Waals surface area contributed by atoms with Crippen LogP contribution in [0.15, 0.2) is 66.7 Å². The fraction of sp³-hybridized carbons (Fsp3) is 0.300. The molecule has 0 aliphatic carbocycles. The molecule has 0 saturated heterocycles. The second-order valence-electron chi connectivity index (χ2n) is 11.5. The summed E-state index contributed by atoms with van der Waals surface area (Å²) in [6.07, 6.45) is 0.579. The molecule has 0 fully saturated rings. The Morgan fingerprint density at radius 1 is 0.929 bits per heavy atom. The minimum atomic E-state index is -3.91. The van der Waals surface area contributed by atoms with E-state index in [9.17, 15) is 18.0 Å². The van der Waals surface area contributed by atoms with Crippen molar-refractivity contribution in [2.24, 2.45) is 0 Å². The molecule has 11 nitrogen and oxygen atoms in total. The zero-order valence-corrected chi connectivity index (χ0v) is 25.1. The van der Waals surface area contributed by atoms with E-state index in [0.717, 1.165) is 31.9 Å². The number of amides is 4. The Labute approximate surface area is 245 Å². The smallest absolute Gasteiger partial charge is 0.319 e. The standard InChI is InChI=1S/C30H35N7O4S/c1-30(2,3)26-18-27(32-28(38)31-25-12-8-10-21-9-6-7-11-24(21)25)37(33-26)23-14-13-20-15-16-36(19-22(20)17-23)29(39)34-42(40,41)35(4)5/h6-14,17-18H,15-16,19H2,1-5H3,(H,34,39)(H2,31,32,38). The van der Waals surface area contributed by atoms with Crippen molar-refractivity contribution in [1.82, 2.24) is 23.7 Å². The SMILES string of the molecule is CN(C)S(=O)(=O)NC(=O)N1CCc2ccc(-n3nc(C(C)(C)C)cc3NC(=O)Nc3cccc4ccccc34)cc2C1. The Bertz CT molecular complexity index is 1770. The average molecular weight is 590 g/mol. The molecule has 1 aromatic heterocycles. The number of anilines is 2. The lowest BCUT2D eigenvalue weighted by Crippen LogP contribution is -2.48. The van der Waals surface area contributed by atoms with Crippen LogP contribution in [0.25, 0.3) is 16.5 Å². The molecular formula is C30H35N7O4S. The van der Waals surface area contributed by atoms with Crippen molar-refractivity contribution in [3.8, 4) is 5.69 Å². The summed E-state index contributed by atoms with van der Waals surface area (Å²) >= 11 is 0. The summed E-state index contributed by atoms with van der Waals surface area (Å²) in [7, 11) is -1.19. The summed E-state index contributed by atoms with van der Waals surface area (Å²) in [5.74, 6) is 0.486. The van der Waals surface area contributed by atoms with Gasteiger partial charge in [-0.25, -0.2) is 19.0 Å². The van der Waals surface area contributed by atoms with Crippen LogP contribution in [0.4, 0.5) is 21.1 Å². The van der Waals surface area contributed by atoms with Gasteiger partial charge in [0.25, 0.3) is 0 Å². The number of hydrogen-bond acceptors (Lipinski definition) is 5. The van der Waals surface area contributed by atoms with Crippen molar-refractivity contribution < 1.29 is 18.0 Å². The number of fused-ring (bicyclic) bond motifs is 2. The van der Waals surface area contributed by atoms with Gasteiger partial charge in [0.1, 0.15) is 5.82 Å². The third-order valence-electron chi connectivity index (χ3n) is 7.19. The van der Waals surface area contributed by atoms with Gasteiger partial charge in [0.2, 0.25) is 0 Å². The van der Waals surface area contributed by atoms with E-state index >= 15 is 0 Å². The van der Waals surface area contributed by atoms with E-state index in [0.29, 0.717) is 30.2 Å². The summed E-state index contributed by atoms with van der Waals surface area (Å²) in [5, 5.41) is 12.7. The zero-order valence-electron chi connectivity index (χ0n) is 24.3. The van der Waals surface area contributed by atoms with Crippen LogP contribution in [-0.4, -0.2) is 60.1 Å². The Balaban J connectivity index is 1.42.